The first-order chi connectivity index (χ1) is 21.2. The molecule has 3 aromatic heterocycles. The number of nitrogens with zero attached hydrogens (tertiary/aromatic N) is 2. The fraction of sp³-hybridized carbons (Fsp3) is 0.194. The molecule has 0 radical (unpaired) electrons. The Hall–Kier alpha value is -5.20. The first-order valence-electron chi connectivity index (χ1n) is 13.5. The third-order valence-corrected chi connectivity index (χ3v) is 6.97. The molecule has 5 aromatic rings. The van der Waals surface area contributed by atoms with Crippen LogP contribution in [0.3, 0.4) is 0 Å². The van der Waals surface area contributed by atoms with Crippen LogP contribution in [-0.2, 0) is 22.6 Å². The normalized spacial score (nSPS) is 12.4. The van der Waals surface area contributed by atoms with Crippen LogP contribution in [0.1, 0.15) is 34.0 Å². The van der Waals surface area contributed by atoms with Crippen LogP contribution in [-0.4, -0.2) is 43.9 Å². The highest BCUT2D eigenvalue weighted by Crippen LogP contribution is 2.23. The SMILES string of the molecule is Cc1oc(=O)oc1COC(=O)[C@H](O)C[C@@H](Cc1ccc(-c2cccc(Cl)c2)cc1)NC(=O)c1cc(=O)n(-c2ccccn2)[nH]1. The molecule has 0 bridgehead atoms. The molecule has 0 unspecified atom stereocenters. The maximum atomic E-state index is 13.2. The van der Waals surface area contributed by atoms with E-state index in [1.807, 2.05) is 42.5 Å². The summed E-state index contributed by atoms with van der Waals surface area (Å²) in [5.74, 6) is -2.09. The Morgan fingerprint density at radius 2 is 1.84 bits per heavy atom. The van der Waals surface area contributed by atoms with Crippen molar-refractivity contribution in [1.82, 2.24) is 20.1 Å². The average Bonchev–Trinajstić information content (AvgIpc) is 3.56. The Balaban J connectivity index is 1.32. The summed E-state index contributed by atoms with van der Waals surface area (Å²) in [6.07, 6.45) is -0.118. The van der Waals surface area contributed by atoms with Gasteiger partial charge in [0, 0.05) is 29.7 Å². The van der Waals surface area contributed by atoms with E-state index < -0.39 is 42.0 Å². The van der Waals surface area contributed by atoms with Crippen molar-refractivity contribution in [2.45, 2.75) is 38.5 Å². The van der Waals surface area contributed by atoms with Gasteiger partial charge in [-0.15, -0.1) is 0 Å². The number of pyridine rings is 1. The highest BCUT2D eigenvalue weighted by molar-refractivity contribution is 6.30. The Bertz CT molecular complexity index is 1870. The van der Waals surface area contributed by atoms with Gasteiger partial charge < -0.3 is 24.0 Å². The lowest BCUT2D eigenvalue weighted by Gasteiger charge is -2.21. The molecule has 5 rings (SSSR count). The summed E-state index contributed by atoms with van der Waals surface area (Å²) < 4.78 is 15.8. The highest BCUT2D eigenvalue weighted by atomic mass is 35.5. The van der Waals surface area contributed by atoms with E-state index in [9.17, 15) is 24.3 Å². The van der Waals surface area contributed by atoms with Gasteiger partial charge in [0.05, 0.1) is 0 Å². The van der Waals surface area contributed by atoms with Crippen molar-refractivity contribution in [2.75, 3.05) is 0 Å². The number of aryl methyl sites for hydroxylation is 1. The number of rotatable bonds is 11. The second-order valence-electron chi connectivity index (χ2n) is 9.91. The number of aromatic amines is 1. The molecular weight excluding hydrogens is 592 g/mol. The molecular formula is C31H27ClN4O8. The molecule has 0 aliphatic heterocycles. The molecule has 0 saturated carbocycles. The van der Waals surface area contributed by atoms with Crippen molar-refractivity contribution in [1.29, 1.82) is 0 Å². The van der Waals surface area contributed by atoms with E-state index in [0.717, 1.165) is 27.4 Å². The maximum absolute atomic E-state index is 13.2. The molecule has 226 valence electrons. The molecule has 13 heteroatoms. The highest BCUT2D eigenvalue weighted by Gasteiger charge is 2.26. The maximum Gasteiger partial charge on any atom is 0.519 e. The third kappa shape index (κ3) is 7.41. The quantitative estimate of drug-likeness (QED) is 0.187. The molecule has 3 heterocycles. The molecule has 44 heavy (non-hydrogen) atoms. The minimum absolute atomic E-state index is 0.0153. The van der Waals surface area contributed by atoms with Gasteiger partial charge in [-0.1, -0.05) is 54.1 Å². The van der Waals surface area contributed by atoms with Gasteiger partial charge in [-0.3, -0.25) is 14.7 Å². The van der Waals surface area contributed by atoms with Crippen molar-refractivity contribution >= 4 is 23.5 Å². The van der Waals surface area contributed by atoms with Gasteiger partial charge in [-0.2, -0.15) is 0 Å². The summed E-state index contributed by atoms with van der Waals surface area (Å²) in [6, 6.07) is 20.3. The van der Waals surface area contributed by atoms with Gasteiger partial charge in [-0.05, 0) is 54.3 Å². The molecule has 0 aliphatic rings. The summed E-state index contributed by atoms with van der Waals surface area (Å²) in [5.41, 5.74) is 2.13. The number of carbonyl (C=O) groups excluding carboxylic acids is 2. The number of hydrogen-bond donors (Lipinski definition) is 3. The number of esters is 1. The monoisotopic (exact) mass is 618 g/mol. The zero-order valence-corrected chi connectivity index (χ0v) is 24.1. The number of H-pyrrole nitrogens is 1. The minimum Gasteiger partial charge on any atom is -0.455 e. The zero-order valence-electron chi connectivity index (χ0n) is 23.4. The molecule has 0 fully saturated rings. The van der Waals surface area contributed by atoms with Gasteiger partial charge in [0.15, 0.2) is 30.0 Å². The summed E-state index contributed by atoms with van der Waals surface area (Å²) in [7, 11) is 0. The Morgan fingerprint density at radius 3 is 2.52 bits per heavy atom. The molecule has 0 spiro atoms. The van der Waals surface area contributed by atoms with Gasteiger partial charge >= 0.3 is 11.8 Å². The van der Waals surface area contributed by atoms with Crippen LogP contribution in [0.5, 0.6) is 0 Å². The van der Waals surface area contributed by atoms with E-state index in [4.69, 9.17) is 25.2 Å². The molecule has 2 aromatic carbocycles. The smallest absolute Gasteiger partial charge is 0.455 e. The van der Waals surface area contributed by atoms with Crippen LogP contribution < -0.4 is 16.7 Å². The Morgan fingerprint density at radius 1 is 1.05 bits per heavy atom. The van der Waals surface area contributed by atoms with Crippen LogP contribution in [0, 0.1) is 6.92 Å². The van der Waals surface area contributed by atoms with Crippen molar-refractivity contribution < 1.29 is 28.3 Å². The van der Waals surface area contributed by atoms with Crippen LogP contribution in [0.25, 0.3) is 16.9 Å². The van der Waals surface area contributed by atoms with E-state index in [1.165, 1.54) is 13.1 Å². The number of halogens is 1. The van der Waals surface area contributed by atoms with E-state index >= 15 is 0 Å². The predicted octanol–water partition coefficient (Wildman–Crippen LogP) is 3.57. The van der Waals surface area contributed by atoms with Gasteiger partial charge in [0.1, 0.15) is 5.69 Å². The number of carbonyl (C=O) groups is 2. The topological polar surface area (TPSA) is 170 Å². The molecule has 0 saturated heterocycles. The van der Waals surface area contributed by atoms with Crippen molar-refractivity contribution in [3.05, 3.63) is 128 Å². The van der Waals surface area contributed by atoms with Gasteiger partial charge in [0.25, 0.3) is 11.5 Å². The van der Waals surface area contributed by atoms with Crippen molar-refractivity contribution in [3.8, 4) is 16.9 Å². The minimum atomic E-state index is -1.64. The molecule has 1 amide bonds. The van der Waals surface area contributed by atoms with E-state index in [2.05, 4.69) is 15.4 Å². The lowest BCUT2D eigenvalue weighted by Crippen LogP contribution is -2.41. The number of aromatic nitrogens is 3. The van der Waals surface area contributed by atoms with Crippen LogP contribution in [0.2, 0.25) is 5.02 Å². The Kier molecular flexibility index (Phi) is 9.22. The zero-order chi connectivity index (χ0) is 31.2. The summed E-state index contributed by atoms with van der Waals surface area (Å²) in [4.78, 5) is 53.8. The number of nitrogens with one attached hydrogen (secondary N) is 2. The van der Waals surface area contributed by atoms with E-state index in [-0.39, 0.29) is 30.1 Å². The third-order valence-electron chi connectivity index (χ3n) is 6.73. The van der Waals surface area contributed by atoms with Crippen LogP contribution in [0.4, 0.5) is 0 Å². The van der Waals surface area contributed by atoms with Gasteiger partial charge in [-0.25, -0.2) is 19.3 Å². The molecule has 0 aliphatic carbocycles. The number of ether oxygens (including phenoxy) is 1. The van der Waals surface area contributed by atoms with Gasteiger partial charge in [0.2, 0.25) is 0 Å². The number of hydrogen-bond acceptors (Lipinski definition) is 9. The largest absolute Gasteiger partial charge is 0.519 e. The van der Waals surface area contributed by atoms with E-state index in [1.54, 1.807) is 24.3 Å². The molecule has 2 atom stereocenters. The first-order valence-corrected chi connectivity index (χ1v) is 13.9. The lowest BCUT2D eigenvalue weighted by atomic mass is 9.97. The Labute approximate surface area is 254 Å². The van der Waals surface area contributed by atoms with Crippen LogP contribution >= 0.6 is 11.6 Å². The number of aliphatic hydroxyl groups is 1. The summed E-state index contributed by atoms with van der Waals surface area (Å²) >= 11 is 6.13. The number of benzene rings is 2. The first kappa shape index (κ1) is 30.3. The van der Waals surface area contributed by atoms with E-state index in [0.29, 0.717) is 10.8 Å². The second kappa shape index (κ2) is 13.4. The number of amides is 1. The summed E-state index contributed by atoms with van der Waals surface area (Å²) in [5, 5.41) is 16.8. The standard InChI is InChI=1S/C31H27ClN4O8/c1-18-26(44-31(41)43-18)17-42-30(40)25(37)15-23(13-19-8-10-20(11-9-19)21-5-4-6-22(32)14-21)34-29(39)24-16-28(38)36(35-24)27-7-2-3-12-33-27/h2-12,14,16,23,25,35,37H,13,15,17H2,1H3,(H,34,39)/t23-,25-/m1/s1. The summed E-state index contributed by atoms with van der Waals surface area (Å²) in [6.45, 7) is 1.05. The number of aliphatic hydroxyl groups excluding tert-OH is 1. The molecule has 3 N–H and O–H groups in total. The fourth-order valence-corrected chi connectivity index (χ4v) is 4.71. The molecule has 12 nitrogen and oxygen atoms in total. The van der Waals surface area contributed by atoms with Crippen LogP contribution in [0.15, 0.2) is 97.4 Å². The van der Waals surface area contributed by atoms with Crippen molar-refractivity contribution in [3.63, 3.8) is 0 Å². The fourth-order valence-electron chi connectivity index (χ4n) is 4.52. The second-order valence-corrected chi connectivity index (χ2v) is 10.3. The lowest BCUT2D eigenvalue weighted by molar-refractivity contribution is -0.156. The predicted molar refractivity (Wildman–Crippen MR) is 158 cm³/mol. The average molecular weight is 619 g/mol. The van der Waals surface area contributed by atoms with Crippen molar-refractivity contribution in [2.24, 2.45) is 0 Å².